The van der Waals surface area contributed by atoms with Gasteiger partial charge in [-0.3, -0.25) is 0 Å². The fourth-order valence-electron chi connectivity index (χ4n) is 2.29. The largest absolute Gasteiger partial charge is 0.492 e. The number of rotatable bonds is 4. The molecule has 1 fully saturated rings. The molecule has 96 valence electrons. The lowest BCUT2D eigenvalue weighted by Crippen LogP contribution is -2.30. The molecule has 1 heterocycles. The number of likely N-dealkylation sites (tertiary alicyclic amines) is 1. The summed E-state index contributed by atoms with van der Waals surface area (Å²) in [6, 6.07) is 6.49. The molecule has 1 aliphatic rings. The molecule has 1 aliphatic heterocycles. The zero-order valence-electron chi connectivity index (χ0n) is 10.8. The van der Waals surface area contributed by atoms with Crippen LogP contribution in [0.5, 0.6) is 5.75 Å². The summed E-state index contributed by atoms with van der Waals surface area (Å²) in [5.41, 5.74) is 1.13. The first-order chi connectivity index (χ1) is 8.69. The van der Waals surface area contributed by atoms with Gasteiger partial charge in [0.2, 0.25) is 0 Å². The third-order valence-electron chi connectivity index (χ3n) is 3.30. The van der Waals surface area contributed by atoms with Crippen LogP contribution in [0.4, 0.5) is 0 Å². The molecule has 1 saturated heterocycles. The molecule has 0 unspecified atom stereocenters. The molecule has 0 bridgehead atoms. The minimum absolute atomic E-state index is 0.526. The third kappa shape index (κ3) is 3.41. The van der Waals surface area contributed by atoms with Gasteiger partial charge in [-0.15, -0.1) is 0 Å². The van der Waals surface area contributed by atoms with Gasteiger partial charge in [-0.2, -0.15) is 5.26 Å². The van der Waals surface area contributed by atoms with Gasteiger partial charge >= 0.3 is 0 Å². The number of nitrogens with zero attached hydrogens (tertiary/aromatic N) is 2. The number of benzene rings is 1. The maximum absolute atomic E-state index is 8.70. The molecule has 0 spiro atoms. The lowest BCUT2D eigenvalue weighted by atomic mass is 10.2. The Labute approximate surface area is 113 Å². The fourth-order valence-corrected chi connectivity index (χ4v) is 2.82. The number of hydrogen-bond donors (Lipinski definition) is 0. The van der Waals surface area contributed by atoms with Gasteiger partial charge in [0.1, 0.15) is 17.8 Å². The zero-order valence-corrected chi connectivity index (χ0v) is 11.7. The van der Waals surface area contributed by atoms with Crippen LogP contribution < -0.4 is 4.74 Å². The molecule has 4 heteroatoms. The Kier molecular flexibility index (Phi) is 4.51. The molecule has 18 heavy (non-hydrogen) atoms. The van der Waals surface area contributed by atoms with Gasteiger partial charge in [-0.05, 0) is 68.9 Å². The van der Waals surface area contributed by atoms with E-state index in [1.807, 2.05) is 25.1 Å². The quantitative estimate of drug-likeness (QED) is 0.617. The summed E-state index contributed by atoms with van der Waals surface area (Å²) in [7, 11) is 2.15. The van der Waals surface area contributed by atoms with E-state index >= 15 is 0 Å². The lowest BCUT2D eigenvalue weighted by Gasteiger charge is -2.20. The van der Waals surface area contributed by atoms with E-state index in [4.69, 9.17) is 10.00 Å². The van der Waals surface area contributed by atoms with Crippen LogP contribution in [0, 0.1) is 17.6 Å². The van der Waals surface area contributed by atoms with E-state index in [0.717, 1.165) is 29.4 Å². The molecule has 0 radical (unpaired) electrons. The number of nitriles is 1. The Morgan fingerprint density at radius 1 is 1.50 bits per heavy atom. The molecule has 0 aliphatic carbocycles. The number of aryl methyl sites for hydroxylation is 1. The fraction of sp³-hybridized carbons (Fsp3) is 0.500. The van der Waals surface area contributed by atoms with Crippen molar-refractivity contribution in [3.63, 3.8) is 0 Å². The predicted molar refractivity (Wildman–Crippen MR) is 73.8 cm³/mol. The van der Waals surface area contributed by atoms with Crippen LogP contribution in [0.1, 0.15) is 18.4 Å². The summed E-state index contributed by atoms with van der Waals surface area (Å²) in [5.74, 6) is 0.869. The summed E-state index contributed by atoms with van der Waals surface area (Å²) in [6.07, 6.45) is 2.47. The topological polar surface area (TPSA) is 36.3 Å². The Morgan fingerprint density at radius 2 is 2.33 bits per heavy atom. The van der Waals surface area contributed by atoms with Crippen LogP contribution in [-0.4, -0.2) is 31.1 Å². The molecule has 3 nitrogen and oxygen atoms in total. The van der Waals surface area contributed by atoms with Crippen molar-refractivity contribution in [2.45, 2.75) is 30.7 Å². The average Bonchev–Trinajstić information content (AvgIpc) is 2.72. The minimum Gasteiger partial charge on any atom is -0.492 e. The molecule has 1 atom stereocenters. The summed E-state index contributed by atoms with van der Waals surface area (Å²) < 4.78 is 5.86. The van der Waals surface area contributed by atoms with E-state index in [-0.39, 0.29) is 0 Å². The Bertz CT molecular complexity index is 456. The van der Waals surface area contributed by atoms with Gasteiger partial charge in [0.25, 0.3) is 0 Å². The maximum Gasteiger partial charge on any atom is 0.138 e. The highest BCUT2D eigenvalue weighted by molar-refractivity contribution is 8.03. The van der Waals surface area contributed by atoms with Crippen LogP contribution in [-0.2, 0) is 0 Å². The molecule has 2 rings (SSSR count). The second kappa shape index (κ2) is 6.12. The van der Waals surface area contributed by atoms with Crippen molar-refractivity contribution in [3.8, 4) is 11.2 Å². The van der Waals surface area contributed by atoms with Crippen LogP contribution in [0.2, 0.25) is 0 Å². The molecule has 0 amide bonds. The monoisotopic (exact) mass is 262 g/mol. The number of hydrogen-bond acceptors (Lipinski definition) is 4. The summed E-state index contributed by atoms with van der Waals surface area (Å²) in [4.78, 5) is 3.30. The summed E-state index contributed by atoms with van der Waals surface area (Å²) >= 11 is 1.18. The molecule has 1 aromatic rings. The van der Waals surface area contributed by atoms with Crippen LogP contribution in [0.25, 0.3) is 0 Å². The SMILES string of the molecule is Cc1cc(OC[C@H]2CCCN2C)cc(SC#N)c1. The number of likely N-dealkylation sites (N-methyl/N-ethyl adjacent to an activating group) is 1. The minimum atomic E-state index is 0.526. The first-order valence-corrected chi connectivity index (χ1v) is 7.01. The van der Waals surface area contributed by atoms with Gasteiger partial charge in [-0.25, -0.2) is 0 Å². The summed E-state index contributed by atoms with van der Waals surface area (Å²) in [6.45, 7) is 3.92. The lowest BCUT2D eigenvalue weighted by molar-refractivity contribution is 0.198. The highest BCUT2D eigenvalue weighted by atomic mass is 32.2. The maximum atomic E-state index is 8.70. The van der Waals surface area contributed by atoms with E-state index in [1.54, 1.807) is 0 Å². The zero-order chi connectivity index (χ0) is 13.0. The molecule has 0 N–H and O–H groups in total. The Balaban J connectivity index is 1.98. The van der Waals surface area contributed by atoms with Crippen molar-refractivity contribution < 1.29 is 4.74 Å². The number of ether oxygens (including phenoxy) is 1. The normalized spacial score (nSPS) is 19.7. The van der Waals surface area contributed by atoms with Gasteiger partial charge < -0.3 is 9.64 Å². The van der Waals surface area contributed by atoms with E-state index in [0.29, 0.717) is 6.04 Å². The molecule has 0 aromatic heterocycles. The van der Waals surface area contributed by atoms with Crippen molar-refractivity contribution in [1.82, 2.24) is 4.90 Å². The van der Waals surface area contributed by atoms with E-state index < -0.39 is 0 Å². The molecular weight excluding hydrogens is 244 g/mol. The van der Waals surface area contributed by atoms with Gasteiger partial charge in [0, 0.05) is 10.9 Å². The van der Waals surface area contributed by atoms with Crippen molar-refractivity contribution >= 4 is 11.8 Å². The van der Waals surface area contributed by atoms with Crippen molar-refractivity contribution in [3.05, 3.63) is 23.8 Å². The first-order valence-electron chi connectivity index (χ1n) is 6.19. The highest BCUT2D eigenvalue weighted by Crippen LogP contribution is 2.25. The van der Waals surface area contributed by atoms with Crippen molar-refractivity contribution in [1.29, 1.82) is 5.26 Å². The standard InChI is InChI=1S/C14H18N2OS/c1-11-6-13(8-14(7-11)18-10-15)17-9-12-4-3-5-16(12)2/h6-8,12H,3-5,9H2,1-2H3/t12-/m1/s1. The molecule has 1 aromatic carbocycles. The third-order valence-corrected chi connectivity index (χ3v) is 3.86. The Hall–Kier alpha value is -1.18. The van der Waals surface area contributed by atoms with E-state index in [9.17, 15) is 0 Å². The van der Waals surface area contributed by atoms with E-state index in [2.05, 4.69) is 17.3 Å². The average molecular weight is 262 g/mol. The van der Waals surface area contributed by atoms with Gasteiger partial charge in [0.15, 0.2) is 0 Å². The molecule has 0 saturated carbocycles. The number of thioether (sulfide) groups is 1. The smallest absolute Gasteiger partial charge is 0.138 e. The highest BCUT2D eigenvalue weighted by Gasteiger charge is 2.21. The molecular formula is C14H18N2OS. The van der Waals surface area contributed by atoms with Crippen LogP contribution >= 0.6 is 11.8 Å². The van der Waals surface area contributed by atoms with Crippen molar-refractivity contribution in [2.75, 3.05) is 20.2 Å². The van der Waals surface area contributed by atoms with Gasteiger partial charge in [0.05, 0.1) is 0 Å². The van der Waals surface area contributed by atoms with Crippen molar-refractivity contribution in [2.24, 2.45) is 0 Å². The summed E-state index contributed by atoms with van der Waals surface area (Å²) in [5, 5.41) is 10.8. The second-order valence-corrected chi connectivity index (χ2v) is 5.62. The van der Waals surface area contributed by atoms with E-state index in [1.165, 1.54) is 24.6 Å². The number of thiocyanates is 1. The van der Waals surface area contributed by atoms with Gasteiger partial charge in [-0.1, -0.05) is 0 Å². The predicted octanol–water partition coefficient (Wildman–Crippen LogP) is 3.04. The van der Waals surface area contributed by atoms with Crippen LogP contribution in [0.3, 0.4) is 0 Å². The Morgan fingerprint density at radius 3 is 3.00 bits per heavy atom. The first kappa shape index (κ1) is 13.3. The second-order valence-electron chi connectivity index (χ2n) is 4.76. The van der Waals surface area contributed by atoms with Crippen LogP contribution in [0.15, 0.2) is 23.1 Å².